The summed E-state index contributed by atoms with van der Waals surface area (Å²) in [4.78, 5) is 0. The topological polar surface area (TPSA) is 50.4 Å². The molecular weight excluding hydrogens is 425 g/mol. The zero-order valence-corrected chi connectivity index (χ0v) is 15.9. The fourth-order valence-electron chi connectivity index (χ4n) is 3.48. The average molecular weight is 447 g/mol. The van der Waals surface area contributed by atoms with Crippen molar-refractivity contribution in [3.63, 3.8) is 0 Å². The number of piperidine rings is 1. The molecule has 0 saturated carbocycles. The van der Waals surface area contributed by atoms with Crippen LogP contribution in [0.25, 0.3) is 0 Å². The van der Waals surface area contributed by atoms with Crippen LogP contribution in [0.15, 0.2) is 30.0 Å². The molecule has 0 aliphatic carbocycles. The maximum absolute atomic E-state index is 11.8. The van der Waals surface area contributed by atoms with E-state index in [4.69, 9.17) is 11.6 Å². The van der Waals surface area contributed by atoms with Crippen LogP contribution >= 0.6 is 34.2 Å². The minimum atomic E-state index is 0.101. The van der Waals surface area contributed by atoms with Crippen LogP contribution in [-0.2, 0) is 12.8 Å². The van der Waals surface area contributed by atoms with Crippen LogP contribution in [0, 0.1) is 11.1 Å². The minimum absolute atomic E-state index is 0.101. The molecule has 1 aromatic carbocycles. The van der Waals surface area contributed by atoms with Gasteiger partial charge in [0, 0.05) is 15.7 Å². The second-order valence-corrected chi connectivity index (χ2v) is 7.72. The molecule has 0 aromatic heterocycles. The van der Waals surface area contributed by atoms with Crippen molar-refractivity contribution < 1.29 is 0 Å². The summed E-state index contributed by atoms with van der Waals surface area (Å²) in [6, 6.07) is 6.35. The molecule has 1 unspecified atom stereocenters. The summed E-state index contributed by atoms with van der Waals surface area (Å²) in [6.07, 6.45) is 5.79. The van der Waals surface area contributed by atoms with Gasteiger partial charge in [-0.3, -0.25) is 0 Å². The number of benzene rings is 1. The Morgan fingerprint density at radius 3 is 2.83 bits per heavy atom. The monoisotopic (exact) mass is 446 g/mol. The number of halogens is 2. The molecule has 1 fully saturated rings. The van der Waals surface area contributed by atoms with Crippen LogP contribution in [0.5, 0.6) is 0 Å². The molecule has 1 aromatic rings. The number of hydrogen-bond acceptors (Lipinski definition) is 4. The molecule has 1 atom stereocenters. The highest BCUT2D eigenvalue weighted by Gasteiger charge is 2.28. The zero-order valence-electron chi connectivity index (χ0n) is 13.0. The van der Waals surface area contributed by atoms with E-state index in [0.717, 1.165) is 53.4 Å². The number of nitrogens with one attached hydrogen (secondary N) is 2. The Kier molecular flexibility index (Phi) is 6.20. The summed E-state index contributed by atoms with van der Waals surface area (Å²) < 4.78 is 1.05. The van der Waals surface area contributed by atoms with E-state index < -0.39 is 0 Å². The van der Waals surface area contributed by atoms with E-state index in [2.05, 4.69) is 45.5 Å². The van der Waals surface area contributed by atoms with Gasteiger partial charge >= 0.3 is 0 Å². The first-order valence-electron chi connectivity index (χ1n) is 8.15. The van der Waals surface area contributed by atoms with Crippen molar-refractivity contribution in [2.45, 2.75) is 31.7 Å². The summed E-state index contributed by atoms with van der Waals surface area (Å²) in [5.41, 5.74) is 6.74. The van der Waals surface area contributed by atoms with Gasteiger partial charge < -0.3 is 15.7 Å². The first-order valence-corrected chi connectivity index (χ1v) is 10.1. The van der Waals surface area contributed by atoms with Crippen molar-refractivity contribution in [3.05, 3.63) is 51.3 Å². The van der Waals surface area contributed by atoms with Gasteiger partial charge in [0.2, 0.25) is 0 Å². The number of hydrogen-bond donors (Lipinski definition) is 2. The Hall–Kier alpha value is -0.340. The van der Waals surface area contributed by atoms with Gasteiger partial charge in [0.1, 0.15) is 0 Å². The third kappa shape index (κ3) is 4.39. The maximum atomic E-state index is 11.8. The predicted octanol–water partition coefficient (Wildman–Crippen LogP) is 3.43. The highest BCUT2D eigenvalue weighted by molar-refractivity contribution is 14.1. The Labute approximate surface area is 156 Å². The van der Waals surface area contributed by atoms with Gasteiger partial charge in [-0.2, -0.15) is 0 Å². The van der Waals surface area contributed by atoms with Crippen molar-refractivity contribution in [1.29, 1.82) is 0 Å². The normalized spacial score (nSPS) is 22.5. The summed E-state index contributed by atoms with van der Waals surface area (Å²) in [6.45, 7) is 2.07. The number of rotatable bonds is 5. The summed E-state index contributed by atoms with van der Waals surface area (Å²) in [5.74, 6) is 0.508. The summed E-state index contributed by atoms with van der Waals surface area (Å²) in [5, 5.41) is 16.9. The van der Waals surface area contributed by atoms with Crippen molar-refractivity contribution in [3.8, 4) is 0 Å². The van der Waals surface area contributed by atoms with E-state index >= 15 is 0 Å². The lowest BCUT2D eigenvalue weighted by Gasteiger charge is -2.28. The molecule has 23 heavy (non-hydrogen) atoms. The van der Waals surface area contributed by atoms with Gasteiger partial charge in [-0.05, 0) is 67.5 Å². The highest BCUT2D eigenvalue weighted by atomic mass is 127. The number of hydrazine groups is 1. The number of hydroxylamine groups is 1. The molecule has 2 aliphatic heterocycles. The van der Waals surface area contributed by atoms with Gasteiger partial charge in [-0.25, -0.2) is 5.43 Å². The van der Waals surface area contributed by atoms with E-state index in [1.165, 1.54) is 16.7 Å². The lowest BCUT2D eigenvalue weighted by atomic mass is 9.84. The summed E-state index contributed by atoms with van der Waals surface area (Å²) >= 11 is 8.64. The third-order valence-corrected chi connectivity index (χ3v) is 5.58. The number of alkyl halides is 1. The minimum Gasteiger partial charge on any atom is -0.744 e. The molecular formula is C17H22ClIN3O-. The van der Waals surface area contributed by atoms with Gasteiger partial charge in [-0.1, -0.05) is 46.3 Å². The van der Waals surface area contributed by atoms with Crippen molar-refractivity contribution >= 4 is 34.2 Å². The Morgan fingerprint density at radius 2 is 2.09 bits per heavy atom. The molecule has 0 radical (unpaired) electrons. The van der Waals surface area contributed by atoms with Crippen molar-refractivity contribution in [2.75, 3.05) is 17.5 Å². The lowest BCUT2D eigenvalue weighted by molar-refractivity contribution is 0.347. The molecule has 6 heteroatoms. The van der Waals surface area contributed by atoms with E-state index in [1.807, 2.05) is 6.07 Å². The van der Waals surface area contributed by atoms with Crippen molar-refractivity contribution in [2.24, 2.45) is 5.92 Å². The second-order valence-electron chi connectivity index (χ2n) is 6.23. The molecule has 0 amide bonds. The standard InChI is InChI=1S/C17H22ClIN3O/c18-16-2-1-12(9-14(16)3-6-19)10-17-15(11-22(23)21-17)13-4-7-20-8-5-13/h1-2,9,11,13,17,20-21H,3-8,10H2/q-1. The van der Waals surface area contributed by atoms with Gasteiger partial charge in [-0.15, -0.1) is 0 Å². The molecule has 1 saturated heterocycles. The second kappa shape index (κ2) is 8.16. The maximum Gasteiger partial charge on any atom is 0.0523 e. The molecule has 2 heterocycles. The first-order chi connectivity index (χ1) is 11.2. The van der Waals surface area contributed by atoms with Gasteiger partial charge in [0.15, 0.2) is 0 Å². The van der Waals surface area contributed by atoms with Crippen LogP contribution in [0.4, 0.5) is 0 Å². The summed E-state index contributed by atoms with van der Waals surface area (Å²) in [7, 11) is 0. The quantitative estimate of drug-likeness (QED) is 0.537. The molecule has 0 bridgehead atoms. The van der Waals surface area contributed by atoms with Crippen LogP contribution in [-0.4, -0.2) is 28.7 Å². The smallest absolute Gasteiger partial charge is 0.0523 e. The SMILES string of the molecule is [O-]N1C=C(C2CCNCC2)C(Cc2ccc(Cl)c(CCI)c2)N1. The molecule has 2 N–H and O–H groups in total. The Balaban J connectivity index is 1.73. The lowest BCUT2D eigenvalue weighted by Crippen LogP contribution is -2.37. The van der Waals surface area contributed by atoms with Gasteiger partial charge in [0.25, 0.3) is 0 Å². The molecule has 126 valence electrons. The van der Waals surface area contributed by atoms with Crippen LogP contribution in [0.2, 0.25) is 5.02 Å². The van der Waals surface area contributed by atoms with E-state index in [-0.39, 0.29) is 6.04 Å². The highest BCUT2D eigenvalue weighted by Crippen LogP contribution is 2.30. The number of aryl methyl sites for hydroxylation is 1. The Morgan fingerprint density at radius 1 is 1.30 bits per heavy atom. The molecule has 2 aliphatic rings. The van der Waals surface area contributed by atoms with Gasteiger partial charge in [0.05, 0.1) is 6.04 Å². The molecule has 4 nitrogen and oxygen atoms in total. The molecule has 3 rings (SSSR count). The fraction of sp³-hybridized carbons (Fsp3) is 0.529. The molecule has 0 spiro atoms. The van der Waals surface area contributed by atoms with Crippen LogP contribution in [0.1, 0.15) is 24.0 Å². The first kappa shape index (κ1) is 17.5. The predicted molar refractivity (Wildman–Crippen MR) is 104 cm³/mol. The van der Waals surface area contributed by atoms with E-state index in [1.54, 1.807) is 6.20 Å². The van der Waals surface area contributed by atoms with Crippen molar-refractivity contribution in [1.82, 2.24) is 15.9 Å². The Bertz CT molecular complexity index is 575. The third-order valence-electron chi connectivity index (χ3n) is 4.68. The largest absolute Gasteiger partial charge is 0.744 e. The zero-order chi connectivity index (χ0) is 16.2. The van der Waals surface area contributed by atoms with Crippen LogP contribution in [0.3, 0.4) is 0 Å². The fourth-order valence-corrected chi connectivity index (χ4v) is 4.28. The van der Waals surface area contributed by atoms with Crippen LogP contribution < -0.4 is 10.7 Å². The van der Waals surface area contributed by atoms with E-state index in [0.29, 0.717) is 5.92 Å². The van der Waals surface area contributed by atoms with E-state index in [9.17, 15) is 5.21 Å². The average Bonchev–Trinajstić information content (AvgIpc) is 2.92. The number of nitrogens with zero attached hydrogens (tertiary/aromatic N) is 1.